The second-order valence-electron chi connectivity index (χ2n) is 3.57. The van der Waals surface area contributed by atoms with Gasteiger partial charge in [-0.05, 0) is 29.9 Å². The fourth-order valence-corrected chi connectivity index (χ4v) is 2.08. The van der Waals surface area contributed by atoms with Gasteiger partial charge in [-0.25, -0.2) is 0 Å². The summed E-state index contributed by atoms with van der Waals surface area (Å²) in [4.78, 5) is 0. The van der Waals surface area contributed by atoms with Crippen LogP contribution in [0.5, 0.6) is 0 Å². The van der Waals surface area contributed by atoms with Crippen LogP contribution >= 0.6 is 0 Å². The van der Waals surface area contributed by atoms with Gasteiger partial charge in [0.05, 0.1) is 0 Å². The first-order valence-electron chi connectivity index (χ1n) is 4.28. The van der Waals surface area contributed by atoms with Crippen LogP contribution in [-0.2, 0) is 0 Å². The molecule has 1 aromatic rings. The second kappa shape index (κ2) is 1.79. The average Bonchev–Trinajstić information content (AvgIpc) is 2.83. The van der Waals surface area contributed by atoms with Crippen molar-refractivity contribution in [3.8, 4) is 0 Å². The van der Waals surface area contributed by atoms with Crippen LogP contribution in [0.3, 0.4) is 0 Å². The molecule has 2 atom stereocenters. The zero-order valence-electron chi connectivity index (χ0n) is 6.38. The van der Waals surface area contributed by atoms with E-state index in [1.54, 1.807) is 5.56 Å². The van der Waals surface area contributed by atoms with Gasteiger partial charge in [-0.1, -0.05) is 18.2 Å². The van der Waals surface area contributed by atoms with Crippen LogP contribution in [0.1, 0.15) is 17.9 Å². The highest BCUT2D eigenvalue weighted by molar-refractivity contribution is 5.57. The normalized spacial score (nSPS) is 31.6. The van der Waals surface area contributed by atoms with E-state index in [1.807, 2.05) is 0 Å². The number of benzene rings is 1. The molecule has 1 heterocycles. The predicted molar refractivity (Wildman–Crippen MR) is 45.8 cm³/mol. The van der Waals surface area contributed by atoms with Gasteiger partial charge in [0.15, 0.2) is 0 Å². The Morgan fingerprint density at radius 2 is 2.18 bits per heavy atom. The summed E-state index contributed by atoms with van der Waals surface area (Å²) in [6.07, 6.45) is 1.41. The molecule has 2 aliphatic rings. The van der Waals surface area contributed by atoms with E-state index in [2.05, 4.69) is 29.6 Å². The van der Waals surface area contributed by atoms with Crippen molar-refractivity contribution in [3.63, 3.8) is 0 Å². The molecule has 1 heteroatoms. The molecule has 1 N–H and O–H groups in total. The Kier molecular flexibility index (Phi) is 0.916. The molecule has 0 spiro atoms. The standard InChI is InChI=1S/C10H11N/c1-2-4-10-8(3-1)9-5-7(9)6-11-10/h1-4,7,9,11H,5-6H2. The van der Waals surface area contributed by atoms with Crippen LogP contribution < -0.4 is 5.32 Å². The second-order valence-corrected chi connectivity index (χ2v) is 3.57. The first kappa shape index (κ1) is 5.64. The number of hydrogen-bond donors (Lipinski definition) is 1. The van der Waals surface area contributed by atoms with E-state index >= 15 is 0 Å². The van der Waals surface area contributed by atoms with Gasteiger partial charge in [-0.3, -0.25) is 0 Å². The third-order valence-electron chi connectivity index (χ3n) is 2.84. The lowest BCUT2D eigenvalue weighted by Crippen LogP contribution is -2.11. The molecule has 56 valence electrons. The largest absolute Gasteiger partial charge is 0.385 e. The molecule has 0 radical (unpaired) electrons. The van der Waals surface area contributed by atoms with Gasteiger partial charge in [0.25, 0.3) is 0 Å². The monoisotopic (exact) mass is 145 g/mol. The zero-order valence-corrected chi connectivity index (χ0v) is 6.38. The van der Waals surface area contributed by atoms with E-state index in [0.29, 0.717) is 0 Å². The van der Waals surface area contributed by atoms with E-state index in [4.69, 9.17) is 0 Å². The van der Waals surface area contributed by atoms with Crippen LogP contribution in [0.2, 0.25) is 0 Å². The summed E-state index contributed by atoms with van der Waals surface area (Å²) in [6, 6.07) is 8.69. The van der Waals surface area contributed by atoms with E-state index in [-0.39, 0.29) is 0 Å². The lowest BCUT2D eigenvalue weighted by atomic mass is 10.0. The molecule has 1 aliphatic carbocycles. The molecule has 0 aromatic heterocycles. The lowest BCUT2D eigenvalue weighted by molar-refractivity contribution is 0.817. The molecule has 1 saturated carbocycles. The molecule has 1 fully saturated rings. The van der Waals surface area contributed by atoms with Crippen LogP contribution in [0.15, 0.2) is 24.3 Å². The smallest absolute Gasteiger partial charge is 0.0375 e. The number of para-hydroxylation sites is 1. The summed E-state index contributed by atoms with van der Waals surface area (Å²) in [5.41, 5.74) is 2.91. The number of anilines is 1. The minimum Gasteiger partial charge on any atom is -0.385 e. The third-order valence-corrected chi connectivity index (χ3v) is 2.84. The quantitative estimate of drug-likeness (QED) is 0.590. The molecule has 11 heavy (non-hydrogen) atoms. The summed E-state index contributed by atoms with van der Waals surface area (Å²) < 4.78 is 0. The van der Waals surface area contributed by atoms with Gasteiger partial charge in [0, 0.05) is 12.2 Å². The van der Waals surface area contributed by atoms with Gasteiger partial charge in [0.1, 0.15) is 0 Å². The van der Waals surface area contributed by atoms with E-state index < -0.39 is 0 Å². The van der Waals surface area contributed by atoms with Gasteiger partial charge < -0.3 is 5.32 Å². The fourth-order valence-electron chi connectivity index (χ4n) is 2.08. The summed E-state index contributed by atoms with van der Waals surface area (Å²) >= 11 is 0. The SMILES string of the molecule is c1ccc2c(c1)NCC1CC21. The third kappa shape index (κ3) is 0.710. The maximum atomic E-state index is 3.45. The summed E-state index contributed by atoms with van der Waals surface area (Å²) in [6.45, 7) is 1.20. The molecule has 2 unspecified atom stereocenters. The number of hydrogen-bond acceptors (Lipinski definition) is 1. The van der Waals surface area contributed by atoms with Crippen molar-refractivity contribution in [2.75, 3.05) is 11.9 Å². The Hall–Kier alpha value is -0.980. The first-order valence-corrected chi connectivity index (χ1v) is 4.28. The zero-order chi connectivity index (χ0) is 7.26. The fraction of sp³-hybridized carbons (Fsp3) is 0.400. The minimum atomic E-state index is 0.896. The number of fused-ring (bicyclic) bond motifs is 3. The molecule has 0 saturated heterocycles. The number of nitrogens with one attached hydrogen (secondary N) is 1. The Bertz CT molecular complexity index is 293. The highest BCUT2D eigenvalue weighted by Crippen LogP contribution is 2.52. The molecule has 0 amide bonds. The van der Waals surface area contributed by atoms with E-state index in [0.717, 1.165) is 11.8 Å². The van der Waals surface area contributed by atoms with Crippen molar-refractivity contribution >= 4 is 5.69 Å². The molecular weight excluding hydrogens is 134 g/mol. The van der Waals surface area contributed by atoms with E-state index in [1.165, 1.54) is 18.7 Å². The molecule has 1 aliphatic heterocycles. The van der Waals surface area contributed by atoms with Crippen LogP contribution in [0, 0.1) is 5.92 Å². The van der Waals surface area contributed by atoms with Gasteiger partial charge in [-0.2, -0.15) is 0 Å². The molecule has 3 rings (SSSR count). The van der Waals surface area contributed by atoms with Crippen molar-refractivity contribution in [1.82, 2.24) is 0 Å². The van der Waals surface area contributed by atoms with Crippen molar-refractivity contribution in [1.29, 1.82) is 0 Å². The summed E-state index contributed by atoms with van der Waals surface area (Å²) in [7, 11) is 0. The molecule has 1 nitrogen and oxygen atoms in total. The lowest BCUT2D eigenvalue weighted by Gasteiger charge is -2.16. The topological polar surface area (TPSA) is 12.0 Å². The maximum Gasteiger partial charge on any atom is 0.0375 e. The first-order chi connectivity index (χ1) is 5.45. The minimum absolute atomic E-state index is 0.896. The van der Waals surface area contributed by atoms with Gasteiger partial charge in [0.2, 0.25) is 0 Å². The Labute approximate surface area is 66.4 Å². The molecule has 0 bridgehead atoms. The van der Waals surface area contributed by atoms with E-state index in [9.17, 15) is 0 Å². The van der Waals surface area contributed by atoms with Crippen LogP contribution in [-0.4, -0.2) is 6.54 Å². The highest BCUT2D eigenvalue weighted by atomic mass is 14.9. The summed E-state index contributed by atoms with van der Waals surface area (Å²) in [5.74, 6) is 1.84. The maximum absolute atomic E-state index is 3.45. The van der Waals surface area contributed by atoms with Crippen molar-refractivity contribution in [2.24, 2.45) is 5.92 Å². The average molecular weight is 145 g/mol. The van der Waals surface area contributed by atoms with Crippen molar-refractivity contribution < 1.29 is 0 Å². The predicted octanol–water partition coefficient (Wildman–Crippen LogP) is 2.22. The van der Waals surface area contributed by atoms with Gasteiger partial charge in [-0.15, -0.1) is 0 Å². The van der Waals surface area contributed by atoms with Crippen molar-refractivity contribution in [3.05, 3.63) is 29.8 Å². The Morgan fingerprint density at radius 1 is 1.27 bits per heavy atom. The van der Waals surface area contributed by atoms with Crippen molar-refractivity contribution in [2.45, 2.75) is 12.3 Å². The number of rotatable bonds is 0. The van der Waals surface area contributed by atoms with Crippen LogP contribution in [0.4, 0.5) is 5.69 Å². The molecular formula is C10H11N. The Balaban J connectivity index is 2.14. The Morgan fingerprint density at radius 3 is 3.18 bits per heavy atom. The molecule has 1 aromatic carbocycles. The highest BCUT2D eigenvalue weighted by Gasteiger charge is 2.41. The van der Waals surface area contributed by atoms with Crippen LogP contribution in [0.25, 0.3) is 0 Å². The van der Waals surface area contributed by atoms with Gasteiger partial charge >= 0.3 is 0 Å². The summed E-state index contributed by atoms with van der Waals surface area (Å²) in [5, 5.41) is 3.45.